The summed E-state index contributed by atoms with van der Waals surface area (Å²) >= 11 is 7.68. The van der Waals surface area contributed by atoms with Gasteiger partial charge in [0.25, 0.3) is 0 Å². The van der Waals surface area contributed by atoms with Crippen molar-refractivity contribution in [3.05, 3.63) is 87.6 Å². The Morgan fingerprint density at radius 3 is 2.71 bits per heavy atom. The summed E-state index contributed by atoms with van der Waals surface area (Å²) in [7, 11) is 1.34. The molecule has 2 aliphatic heterocycles. The Morgan fingerprint density at radius 2 is 1.97 bits per heavy atom. The second-order valence-corrected chi connectivity index (χ2v) is 8.90. The number of nitrogens with one attached hydrogen (secondary N) is 1. The number of nitrogens with zero attached hydrogens (tertiary/aromatic N) is 2. The van der Waals surface area contributed by atoms with Crippen LogP contribution in [-0.2, 0) is 14.3 Å². The number of thioether (sulfide) groups is 1. The molecular weight excluding hydrogens is 474 g/mol. The number of halogens is 1. The Hall–Kier alpha value is -3.23. The van der Waals surface area contributed by atoms with Crippen molar-refractivity contribution in [1.82, 2.24) is 10.2 Å². The maximum absolute atomic E-state index is 12.7. The molecule has 2 aromatic carbocycles. The summed E-state index contributed by atoms with van der Waals surface area (Å²) in [6.07, 6.45) is 0.127. The lowest BCUT2D eigenvalue weighted by molar-refractivity contribution is -0.136. The molecule has 0 unspecified atom stereocenters. The van der Waals surface area contributed by atoms with E-state index in [2.05, 4.69) is 10.3 Å². The van der Waals surface area contributed by atoms with Crippen LogP contribution < -0.4 is 10.1 Å². The van der Waals surface area contributed by atoms with Gasteiger partial charge in [-0.15, -0.1) is 0 Å². The van der Waals surface area contributed by atoms with Gasteiger partial charge in [-0.25, -0.2) is 9.79 Å². The number of methoxy groups -OCH3 is 1. The van der Waals surface area contributed by atoms with E-state index in [1.807, 2.05) is 58.8 Å². The summed E-state index contributed by atoms with van der Waals surface area (Å²) in [6.45, 7) is 2.52. The van der Waals surface area contributed by atoms with Gasteiger partial charge in [-0.2, -0.15) is 0 Å². The van der Waals surface area contributed by atoms with E-state index >= 15 is 0 Å². The predicted molar refractivity (Wildman–Crippen MR) is 133 cm³/mol. The number of esters is 1. The fraction of sp³-hybridized carbons (Fsp3) is 0.240. The summed E-state index contributed by atoms with van der Waals surface area (Å²) in [5.74, 6) is 0.132. The first-order valence-corrected chi connectivity index (χ1v) is 12.0. The molecule has 0 spiro atoms. The number of benzene rings is 2. The molecule has 0 fully saturated rings. The zero-order valence-corrected chi connectivity index (χ0v) is 20.4. The van der Waals surface area contributed by atoms with Crippen molar-refractivity contribution in [2.24, 2.45) is 4.99 Å². The van der Waals surface area contributed by atoms with Crippen molar-refractivity contribution >= 4 is 40.4 Å². The molecule has 176 valence electrons. The fourth-order valence-electron chi connectivity index (χ4n) is 3.84. The second-order valence-electron chi connectivity index (χ2n) is 7.63. The SMILES string of the molecule is COC(=O)C1=C(C)N=C2SC=C(CC(=O)NCCOc3ccccc3)N2[C@@H]1c1cccc(Cl)c1. The molecule has 0 aromatic heterocycles. The third-order valence-corrected chi connectivity index (χ3v) is 6.47. The van der Waals surface area contributed by atoms with E-state index in [-0.39, 0.29) is 12.3 Å². The van der Waals surface area contributed by atoms with Gasteiger partial charge in [0.05, 0.1) is 37.4 Å². The molecule has 1 amide bonds. The number of aliphatic imine (C=N–C) groups is 1. The third kappa shape index (κ3) is 5.29. The largest absolute Gasteiger partial charge is 0.492 e. The van der Waals surface area contributed by atoms with Crippen LogP contribution in [-0.4, -0.2) is 42.2 Å². The zero-order valence-electron chi connectivity index (χ0n) is 18.8. The van der Waals surface area contributed by atoms with Gasteiger partial charge in [-0.05, 0) is 42.2 Å². The predicted octanol–water partition coefficient (Wildman–Crippen LogP) is 4.67. The first-order valence-electron chi connectivity index (χ1n) is 10.7. The third-order valence-electron chi connectivity index (χ3n) is 5.35. The lowest BCUT2D eigenvalue weighted by Gasteiger charge is -2.36. The van der Waals surface area contributed by atoms with E-state index in [1.165, 1.54) is 18.9 Å². The van der Waals surface area contributed by atoms with Gasteiger partial charge >= 0.3 is 5.97 Å². The summed E-state index contributed by atoms with van der Waals surface area (Å²) in [5, 5.41) is 6.03. The first kappa shape index (κ1) is 23.9. The number of carbonyl (C=O) groups excluding carboxylic acids is 2. The van der Waals surface area contributed by atoms with Crippen LogP contribution in [0.1, 0.15) is 24.9 Å². The van der Waals surface area contributed by atoms with Crippen LogP contribution >= 0.6 is 23.4 Å². The van der Waals surface area contributed by atoms with Gasteiger partial charge in [-0.1, -0.05) is 53.7 Å². The molecule has 2 aliphatic rings. The van der Waals surface area contributed by atoms with E-state index in [1.54, 1.807) is 13.0 Å². The fourth-order valence-corrected chi connectivity index (χ4v) is 5.00. The van der Waals surface area contributed by atoms with Crippen molar-refractivity contribution in [1.29, 1.82) is 0 Å². The van der Waals surface area contributed by atoms with Crippen LogP contribution in [0.25, 0.3) is 0 Å². The molecule has 4 rings (SSSR count). The molecule has 0 aliphatic carbocycles. The Kier molecular flexibility index (Phi) is 7.59. The number of ether oxygens (including phenoxy) is 2. The number of amides is 1. The van der Waals surface area contributed by atoms with E-state index < -0.39 is 12.0 Å². The minimum absolute atomic E-state index is 0.127. The molecule has 0 saturated carbocycles. The second kappa shape index (κ2) is 10.8. The van der Waals surface area contributed by atoms with Crippen LogP contribution in [0.15, 0.2) is 82.0 Å². The molecule has 34 heavy (non-hydrogen) atoms. The molecular formula is C25H24ClN3O4S. The van der Waals surface area contributed by atoms with Crippen LogP contribution in [0.2, 0.25) is 5.02 Å². The lowest BCUT2D eigenvalue weighted by atomic mass is 9.94. The number of rotatable bonds is 8. The molecule has 1 atom stereocenters. The van der Waals surface area contributed by atoms with Crippen LogP contribution in [0.3, 0.4) is 0 Å². The summed E-state index contributed by atoms with van der Waals surface area (Å²) in [6, 6.07) is 16.2. The monoisotopic (exact) mass is 497 g/mol. The highest BCUT2D eigenvalue weighted by Crippen LogP contribution is 2.45. The Balaban J connectivity index is 1.49. The van der Waals surface area contributed by atoms with Crippen LogP contribution in [0.5, 0.6) is 5.75 Å². The summed E-state index contributed by atoms with van der Waals surface area (Å²) < 4.78 is 10.7. The van der Waals surface area contributed by atoms with Gasteiger partial charge in [0, 0.05) is 10.7 Å². The highest BCUT2D eigenvalue weighted by atomic mass is 35.5. The Bertz CT molecular complexity index is 1180. The zero-order chi connectivity index (χ0) is 24.1. The van der Waals surface area contributed by atoms with E-state index in [4.69, 9.17) is 21.1 Å². The molecule has 2 aromatic rings. The molecule has 9 heteroatoms. The average Bonchev–Trinajstić information content (AvgIpc) is 3.22. The molecule has 0 saturated heterocycles. The minimum atomic E-state index is -0.505. The molecule has 2 heterocycles. The van der Waals surface area contributed by atoms with E-state index in [9.17, 15) is 9.59 Å². The quantitative estimate of drug-likeness (QED) is 0.421. The van der Waals surface area contributed by atoms with Gasteiger partial charge in [0.15, 0.2) is 5.17 Å². The number of carbonyl (C=O) groups is 2. The number of amidine groups is 1. The van der Waals surface area contributed by atoms with Crippen molar-refractivity contribution in [3.63, 3.8) is 0 Å². The summed E-state index contributed by atoms with van der Waals surface area (Å²) in [4.78, 5) is 32.0. The van der Waals surface area contributed by atoms with Gasteiger partial charge in [0.1, 0.15) is 12.4 Å². The van der Waals surface area contributed by atoms with Crippen LogP contribution in [0, 0.1) is 0 Å². The molecule has 1 N–H and O–H groups in total. The van der Waals surface area contributed by atoms with Crippen molar-refractivity contribution in [2.75, 3.05) is 20.3 Å². The van der Waals surface area contributed by atoms with Gasteiger partial charge < -0.3 is 19.7 Å². The maximum atomic E-state index is 12.7. The van der Waals surface area contributed by atoms with Crippen LogP contribution in [0.4, 0.5) is 0 Å². The van der Waals surface area contributed by atoms with Gasteiger partial charge in [-0.3, -0.25) is 4.79 Å². The highest BCUT2D eigenvalue weighted by Gasteiger charge is 2.41. The maximum Gasteiger partial charge on any atom is 0.338 e. The molecule has 7 nitrogen and oxygen atoms in total. The highest BCUT2D eigenvalue weighted by molar-refractivity contribution is 8.16. The normalized spacial score (nSPS) is 17.0. The van der Waals surface area contributed by atoms with Crippen molar-refractivity contribution in [3.8, 4) is 5.75 Å². The summed E-state index contributed by atoms with van der Waals surface area (Å²) in [5.41, 5.74) is 2.54. The standard InChI is InChI=1S/C25H24ClN3O4S/c1-16-22(24(31)32-2)23(17-7-6-8-18(26)13-17)29-19(15-34-25(29)28-16)14-21(30)27-11-12-33-20-9-4-3-5-10-20/h3-10,13,15,23H,11-12,14H2,1-2H3,(H,27,30)/t23-/m1/s1. The topological polar surface area (TPSA) is 80.2 Å². The van der Waals surface area contributed by atoms with Crippen molar-refractivity contribution < 1.29 is 19.1 Å². The molecule has 0 radical (unpaired) electrons. The Morgan fingerprint density at radius 1 is 1.18 bits per heavy atom. The van der Waals surface area contributed by atoms with Gasteiger partial charge in [0.2, 0.25) is 5.91 Å². The first-order chi connectivity index (χ1) is 16.5. The average molecular weight is 498 g/mol. The van der Waals surface area contributed by atoms with Crippen molar-refractivity contribution in [2.45, 2.75) is 19.4 Å². The minimum Gasteiger partial charge on any atom is -0.492 e. The Labute approximate surface area is 207 Å². The number of allylic oxidation sites excluding steroid dienone is 1. The van der Waals surface area contributed by atoms with E-state index in [0.29, 0.717) is 34.6 Å². The number of para-hydroxylation sites is 1. The molecule has 0 bridgehead atoms. The number of hydrogen-bond acceptors (Lipinski definition) is 7. The number of hydrogen-bond donors (Lipinski definition) is 1. The lowest BCUT2D eigenvalue weighted by Crippen LogP contribution is -2.38. The smallest absolute Gasteiger partial charge is 0.338 e. The number of fused-ring (bicyclic) bond motifs is 1. The van der Waals surface area contributed by atoms with E-state index in [0.717, 1.165) is 17.0 Å².